The number of fused-ring (bicyclic) bond motifs is 4. The van der Waals surface area contributed by atoms with E-state index in [9.17, 15) is 0 Å². The van der Waals surface area contributed by atoms with Crippen molar-refractivity contribution < 1.29 is 4.74 Å². The van der Waals surface area contributed by atoms with Crippen molar-refractivity contribution in [3.8, 4) is 11.5 Å². The molecule has 57 heavy (non-hydrogen) atoms. The molecule has 0 aliphatic carbocycles. The van der Waals surface area contributed by atoms with E-state index in [4.69, 9.17) is 14.7 Å². The van der Waals surface area contributed by atoms with E-state index in [2.05, 4.69) is 179 Å². The fourth-order valence-corrected chi connectivity index (χ4v) is 8.17. The number of benzene rings is 7. The van der Waals surface area contributed by atoms with Crippen LogP contribution in [0.3, 0.4) is 0 Å². The van der Waals surface area contributed by atoms with E-state index in [0.717, 1.165) is 90.8 Å². The summed E-state index contributed by atoms with van der Waals surface area (Å²) in [4.78, 5) is 12.9. The van der Waals surface area contributed by atoms with E-state index in [0.29, 0.717) is 0 Å². The van der Waals surface area contributed by atoms with Crippen LogP contribution in [0, 0.1) is 0 Å². The third-order valence-electron chi connectivity index (χ3n) is 10.9. The second-order valence-electron chi connectivity index (χ2n) is 14.4. The molecule has 0 aromatic heterocycles. The van der Waals surface area contributed by atoms with E-state index in [1.165, 1.54) is 5.56 Å². The molecule has 0 saturated heterocycles. The molecule has 2 atom stereocenters. The van der Waals surface area contributed by atoms with Gasteiger partial charge in [0.1, 0.15) is 17.4 Å². The molecular formula is C50H36N6O. The van der Waals surface area contributed by atoms with Crippen molar-refractivity contribution in [1.29, 1.82) is 0 Å². The molecule has 11 rings (SSSR count). The molecule has 272 valence electrons. The summed E-state index contributed by atoms with van der Waals surface area (Å²) < 4.78 is 6.91. The molecule has 2 unspecified atom stereocenters. The Bertz CT molecular complexity index is 2610. The number of anilines is 5. The molecule has 0 saturated carbocycles. The normalized spacial score (nSPS) is 17.4. The van der Waals surface area contributed by atoms with Crippen molar-refractivity contribution in [1.82, 2.24) is 10.6 Å². The summed E-state index contributed by atoms with van der Waals surface area (Å²) in [5.74, 6) is 3.04. The standard InChI is InChI=1S/C50H36N6O/c1-5-16-32(17-6-1)39-30-40(33-18-7-2-8-19-33)53-49(52-39)36-24-13-27-43-46(36)51-38-26-15-29-45-47(38)56(43)44-28-14-25-37(48(44)57-45)50-54-41(34-20-9-3-10-21-34)31-42(55-50)35-22-11-4-12-23-35/h1-31,39,41,51H,(H,52,53)(H,54,55). The van der Waals surface area contributed by atoms with Crippen LogP contribution in [0.15, 0.2) is 198 Å². The van der Waals surface area contributed by atoms with Crippen LogP contribution in [-0.4, -0.2) is 11.7 Å². The van der Waals surface area contributed by atoms with Crippen molar-refractivity contribution in [2.75, 3.05) is 10.2 Å². The molecule has 4 heterocycles. The molecular weight excluding hydrogens is 701 g/mol. The van der Waals surface area contributed by atoms with Crippen molar-refractivity contribution in [3.63, 3.8) is 0 Å². The lowest BCUT2D eigenvalue weighted by molar-refractivity contribution is 0.475. The van der Waals surface area contributed by atoms with Gasteiger partial charge in [-0.1, -0.05) is 140 Å². The summed E-state index contributed by atoms with van der Waals surface area (Å²) in [7, 11) is 0. The zero-order chi connectivity index (χ0) is 37.7. The summed E-state index contributed by atoms with van der Waals surface area (Å²) in [5, 5.41) is 11.3. The Hall–Kier alpha value is -7.64. The van der Waals surface area contributed by atoms with Crippen molar-refractivity contribution in [3.05, 3.63) is 221 Å². The monoisotopic (exact) mass is 736 g/mol. The largest absolute Gasteiger partial charge is 0.452 e. The van der Waals surface area contributed by atoms with Crippen LogP contribution >= 0.6 is 0 Å². The lowest BCUT2D eigenvalue weighted by atomic mass is 9.97. The van der Waals surface area contributed by atoms with Crippen molar-refractivity contribution in [2.45, 2.75) is 12.1 Å². The molecule has 3 N–H and O–H groups in total. The Morgan fingerprint density at radius 1 is 0.474 bits per heavy atom. The van der Waals surface area contributed by atoms with Crippen LogP contribution in [0.1, 0.15) is 45.5 Å². The highest BCUT2D eigenvalue weighted by molar-refractivity contribution is 6.14. The SMILES string of the molecule is C1=C(c2ccccc2)N=C(c2cccc3c2Nc2cccc4c2N3c2cccc(C3=NC(c5ccccc5)=CC(c5ccccc5)N3)c2O4)NC1c1ccccc1. The number of nitrogens with zero attached hydrogens (tertiary/aromatic N) is 3. The average Bonchev–Trinajstić information content (AvgIpc) is 3.29. The van der Waals surface area contributed by atoms with Gasteiger partial charge in [-0.25, -0.2) is 9.98 Å². The lowest BCUT2D eigenvalue weighted by Gasteiger charge is -2.40. The molecule has 7 nitrogen and oxygen atoms in total. The van der Waals surface area contributed by atoms with Gasteiger partial charge < -0.3 is 20.7 Å². The fraction of sp³-hybridized carbons (Fsp3) is 0.0400. The summed E-state index contributed by atoms with van der Waals surface area (Å²) in [5.41, 5.74) is 12.9. The van der Waals surface area contributed by atoms with E-state index in [1.807, 2.05) is 30.3 Å². The van der Waals surface area contributed by atoms with E-state index in [-0.39, 0.29) is 12.1 Å². The molecule has 0 bridgehead atoms. The van der Waals surface area contributed by atoms with Crippen LogP contribution in [0.5, 0.6) is 11.5 Å². The first kappa shape index (κ1) is 32.8. The average molecular weight is 737 g/mol. The molecule has 0 spiro atoms. The number of ether oxygens (including phenoxy) is 1. The van der Waals surface area contributed by atoms with E-state index in [1.54, 1.807) is 0 Å². The maximum absolute atomic E-state index is 6.91. The smallest absolute Gasteiger partial charge is 0.162 e. The summed E-state index contributed by atoms with van der Waals surface area (Å²) >= 11 is 0. The van der Waals surface area contributed by atoms with E-state index < -0.39 is 0 Å². The second-order valence-corrected chi connectivity index (χ2v) is 14.4. The maximum atomic E-state index is 6.91. The van der Waals surface area contributed by atoms with Crippen molar-refractivity contribution in [2.24, 2.45) is 9.98 Å². The van der Waals surface area contributed by atoms with Crippen LogP contribution < -0.4 is 25.6 Å². The first-order chi connectivity index (χ1) is 28.2. The highest BCUT2D eigenvalue weighted by atomic mass is 16.5. The summed E-state index contributed by atoms with van der Waals surface area (Å²) in [6.45, 7) is 0. The fourth-order valence-electron chi connectivity index (χ4n) is 8.17. The van der Waals surface area contributed by atoms with Gasteiger partial charge in [-0.15, -0.1) is 0 Å². The van der Waals surface area contributed by atoms with Gasteiger partial charge in [0, 0.05) is 5.56 Å². The highest BCUT2D eigenvalue weighted by Crippen LogP contribution is 2.59. The predicted molar refractivity (Wildman–Crippen MR) is 231 cm³/mol. The minimum Gasteiger partial charge on any atom is -0.452 e. The summed E-state index contributed by atoms with van der Waals surface area (Å²) in [6, 6.07) is 60.5. The number of hydrogen-bond donors (Lipinski definition) is 3. The van der Waals surface area contributed by atoms with Crippen LogP contribution in [0.25, 0.3) is 11.4 Å². The molecule has 7 heteroatoms. The van der Waals surface area contributed by atoms with Gasteiger partial charge in [-0.3, -0.25) is 4.90 Å². The minimum atomic E-state index is -0.0898. The topological polar surface area (TPSA) is 73.3 Å². The third-order valence-corrected chi connectivity index (χ3v) is 10.9. The van der Waals surface area contributed by atoms with Crippen LogP contribution in [0.2, 0.25) is 0 Å². The van der Waals surface area contributed by atoms with Gasteiger partial charge in [0.05, 0.1) is 51.8 Å². The number of aliphatic imine (C=N–C) groups is 2. The van der Waals surface area contributed by atoms with Gasteiger partial charge in [0.25, 0.3) is 0 Å². The number of rotatable bonds is 6. The van der Waals surface area contributed by atoms with Gasteiger partial charge in [-0.05, 0) is 70.8 Å². The minimum absolute atomic E-state index is 0.0720. The quantitative estimate of drug-likeness (QED) is 0.159. The number of amidine groups is 2. The first-order valence-electron chi connectivity index (χ1n) is 19.2. The molecule has 4 aliphatic heterocycles. The highest BCUT2D eigenvalue weighted by Gasteiger charge is 2.37. The van der Waals surface area contributed by atoms with Crippen LogP contribution in [0.4, 0.5) is 28.4 Å². The van der Waals surface area contributed by atoms with E-state index >= 15 is 0 Å². The number of para-hydroxylation sites is 3. The Morgan fingerprint density at radius 3 is 1.58 bits per heavy atom. The van der Waals surface area contributed by atoms with Crippen molar-refractivity contribution >= 4 is 51.5 Å². The molecule has 0 fully saturated rings. The zero-order valence-corrected chi connectivity index (χ0v) is 30.8. The van der Waals surface area contributed by atoms with Gasteiger partial charge in [0.2, 0.25) is 0 Å². The molecule has 7 aromatic rings. The van der Waals surface area contributed by atoms with Gasteiger partial charge >= 0.3 is 0 Å². The van der Waals surface area contributed by atoms with Gasteiger partial charge in [-0.2, -0.15) is 0 Å². The molecule has 4 aliphatic rings. The number of nitrogens with one attached hydrogen (secondary N) is 3. The first-order valence-corrected chi connectivity index (χ1v) is 19.2. The second kappa shape index (κ2) is 13.6. The molecule has 0 amide bonds. The number of hydrogen-bond acceptors (Lipinski definition) is 7. The molecule has 7 aromatic carbocycles. The Kier molecular flexibility index (Phi) is 7.81. The Labute approximate surface area is 331 Å². The maximum Gasteiger partial charge on any atom is 0.162 e. The Balaban J connectivity index is 1.04. The summed E-state index contributed by atoms with van der Waals surface area (Å²) in [6.07, 6.45) is 4.41. The third kappa shape index (κ3) is 5.76. The van der Waals surface area contributed by atoms with Crippen LogP contribution in [-0.2, 0) is 0 Å². The zero-order valence-electron chi connectivity index (χ0n) is 30.8. The van der Waals surface area contributed by atoms with Gasteiger partial charge in [0.15, 0.2) is 11.5 Å². The lowest BCUT2D eigenvalue weighted by Crippen LogP contribution is -2.33. The molecule has 0 radical (unpaired) electrons. The Morgan fingerprint density at radius 2 is 0.982 bits per heavy atom. The predicted octanol–water partition coefficient (Wildman–Crippen LogP) is 11.6.